The molecule has 2 aromatic heterocycles. The van der Waals surface area contributed by atoms with Crippen LogP contribution >= 0.6 is 0 Å². The van der Waals surface area contributed by atoms with Crippen molar-refractivity contribution >= 4 is 17.2 Å². The van der Waals surface area contributed by atoms with E-state index >= 15 is 0 Å². The molecule has 1 saturated carbocycles. The minimum absolute atomic E-state index is 0.0492. The highest BCUT2D eigenvalue weighted by Gasteiger charge is 2.42. The number of hydrogen-bond donors (Lipinski definition) is 2. The van der Waals surface area contributed by atoms with E-state index in [9.17, 15) is 4.79 Å². The van der Waals surface area contributed by atoms with E-state index in [4.69, 9.17) is 4.74 Å². The number of rotatable bonds is 8. The molecule has 8 heteroatoms. The number of nitrogens with zero attached hydrogens (tertiary/aromatic N) is 4. The first-order valence-electron chi connectivity index (χ1n) is 8.99. The van der Waals surface area contributed by atoms with E-state index in [0.717, 1.165) is 30.7 Å². The second-order valence-electron chi connectivity index (χ2n) is 7.56. The van der Waals surface area contributed by atoms with Crippen LogP contribution in [0.4, 0.5) is 5.82 Å². The van der Waals surface area contributed by atoms with E-state index < -0.39 is 6.10 Å². The Morgan fingerprint density at radius 1 is 1.50 bits per heavy atom. The molecule has 8 nitrogen and oxygen atoms in total. The van der Waals surface area contributed by atoms with Crippen LogP contribution in [-0.2, 0) is 9.53 Å². The predicted molar refractivity (Wildman–Crippen MR) is 100 cm³/mol. The zero-order valence-corrected chi connectivity index (χ0v) is 15.9. The maximum absolute atomic E-state index is 12.2. The van der Waals surface area contributed by atoms with Crippen molar-refractivity contribution < 1.29 is 9.53 Å². The van der Waals surface area contributed by atoms with E-state index in [1.807, 2.05) is 37.3 Å². The van der Waals surface area contributed by atoms with Gasteiger partial charge in [-0.2, -0.15) is 5.10 Å². The first-order valence-corrected chi connectivity index (χ1v) is 8.99. The quantitative estimate of drug-likeness (QED) is 0.735. The summed E-state index contributed by atoms with van der Waals surface area (Å²) in [6.07, 6.45) is 4.70. The standard InChI is InChI=1S/C18H28N6O2/c1-13(26-9-8-23(3)4)17(25)21-14-10-18(2,11-14)22-16-15-6-5-7-24(15)20-12-19-16/h5-7,12-14H,8-11H2,1-4H3,(H,21,25)(H,19,20,22)/t13-,14?,18?/m1/s1. The van der Waals surface area contributed by atoms with Crippen LogP contribution in [0.3, 0.4) is 0 Å². The van der Waals surface area contributed by atoms with Crippen LogP contribution in [0, 0.1) is 0 Å². The van der Waals surface area contributed by atoms with Gasteiger partial charge in [0.2, 0.25) is 5.91 Å². The molecule has 0 saturated heterocycles. The predicted octanol–water partition coefficient (Wildman–Crippen LogP) is 1.15. The molecular weight excluding hydrogens is 332 g/mol. The van der Waals surface area contributed by atoms with Crippen LogP contribution in [0.25, 0.3) is 5.52 Å². The minimum Gasteiger partial charge on any atom is -0.367 e. The summed E-state index contributed by atoms with van der Waals surface area (Å²) in [4.78, 5) is 18.6. The smallest absolute Gasteiger partial charge is 0.249 e. The molecule has 2 aromatic rings. The van der Waals surface area contributed by atoms with Crippen molar-refractivity contribution in [3.05, 3.63) is 24.7 Å². The average Bonchev–Trinajstić information content (AvgIpc) is 3.02. The summed E-state index contributed by atoms with van der Waals surface area (Å²) < 4.78 is 7.38. The molecular formula is C18H28N6O2. The Kier molecular flexibility index (Phi) is 5.43. The first kappa shape index (κ1) is 18.6. The molecule has 1 fully saturated rings. The number of aromatic nitrogens is 3. The fourth-order valence-corrected chi connectivity index (χ4v) is 3.29. The lowest BCUT2D eigenvalue weighted by atomic mass is 9.74. The SMILES string of the molecule is C[C@@H](OCCN(C)C)C(=O)NC1CC(C)(Nc2ncnn3cccc23)C1. The molecule has 1 aliphatic rings. The number of fused-ring (bicyclic) bond motifs is 1. The van der Waals surface area contributed by atoms with Crippen molar-refractivity contribution in [3.8, 4) is 0 Å². The normalized spacial score (nSPS) is 23.7. The summed E-state index contributed by atoms with van der Waals surface area (Å²) in [5, 5.41) is 10.8. The van der Waals surface area contributed by atoms with Crippen LogP contribution in [0.2, 0.25) is 0 Å². The largest absolute Gasteiger partial charge is 0.367 e. The molecule has 0 spiro atoms. The van der Waals surface area contributed by atoms with Gasteiger partial charge in [-0.3, -0.25) is 4.79 Å². The zero-order valence-electron chi connectivity index (χ0n) is 15.9. The number of carbonyl (C=O) groups is 1. The number of amides is 1. The van der Waals surface area contributed by atoms with Gasteiger partial charge in [-0.15, -0.1) is 0 Å². The van der Waals surface area contributed by atoms with Gasteiger partial charge in [-0.1, -0.05) is 0 Å². The molecule has 0 bridgehead atoms. The van der Waals surface area contributed by atoms with Crippen molar-refractivity contribution in [2.75, 3.05) is 32.6 Å². The van der Waals surface area contributed by atoms with Crippen LogP contribution in [0.5, 0.6) is 0 Å². The maximum atomic E-state index is 12.2. The Morgan fingerprint density at radius 2 is 2.27 bits per heavy atom. The van der Waals surface area contributed by atoms with E-state index in [0.29, 0.717) is 6.61 Å². The third-order valence-electron chi connectivity index (χ3n) is 4.77. The Hall–Kier alpha value is -2.19. The summed E-state index contributed by atoms with van der Waals surface area (Å²) in [6.45, 7) is 5.29. The van der Waals surface area contributed by atoms with Crippen molar-refractivity contribution in [2.24, 2.45) is 0 Å². The van der Waals surface area contributed by atoms with E-state index in [1.54, 1.807) is 17.8 Å². The number of hydrogen-bond acceptors (Lipinski definition) is 6. The van der Waals surface area contributed by atoms with Gasteiger partial charge in [0.1, 0.15) is 17.9 Å². The van der Waals surface area contributed by atoms with Gasteiger partial charge in [0.05, 0.1) is 6.61 Å². The Balaban J connectivity index is 1.47. The van der Waals surface area contributed by atoms with Crippen LogP contribution < -0.4 is 10.6 Å². The Morgan fingerprint density at radius 3 is 3.00 bits per heavy atom. The van der Waals surface area contributed by atoms with Gasteiger partial charge in [0.15, 0.2) is 5.82 Å². The van der Waals surface area contributed by atoms with Crippen LogP contribution in [0.1, 0.15) is 26.7 Å². The highest BCUT2D eigenvalue weighted by molar-refractivity contribution is 5.80. The number of anilines is 1. The number of carbonyl (C=O) groups excluding carboxylic acids is 1. The van der Waals surface area contributed by atoms with E-state index in [2.05, 4.69) is 27.6 Å². The highest BCUT2D eigenvalue weighted by Crippen LogP contribution is 2.35. The Bertz CT molecular complexity index is 753. The molecule has 1 atom stereocenters. The van der Waals surface area contributed by atoms with Crippen molar-refractivity contribution in [2.45, 2.75) is 44.4 Å². The molecule has 0 aliphatic heterocycles. The lowest BCUT2D eigenvalue weighted by Crippen LogP contribution is -2.58. The van der Waals surface area contributed by atoms with Crippen molar-refractivity contribution in [1.29, 1.82) is 0 Å². The third kappa shape index (κ3) is 4.31. The van der Waals surface area contributed by atoms with Crippen LogP contribution in [0.15, 0.2) is 24.7 Å². The highest BCUT2D eigenvalue weighted by atomic mass is 16.5. The van der Waals surface area contributed by atoms with Gasteiger partial charge >= 0.3 is 0 Å². The Labute approximate surface area is 153 Å². The summed E-state index contributed by atoms with van der Waals surface area (Å²) in [5.74, 6) is 0.768. The molecule has 2 N–H and O–H groups in total. The van der Waals surface area contributed by atoms with Crippen molar-refractivity contribution in [1.82, 2.24) is 24.8 Å². The molecule has 2 heterocycles. The number of ether oxygens (including phenoxy) is 1. The van der Waals surface area contributed by atoms with Gasteiger partial charge in [-0.25, -0.2) is 9.50 Å². The zero-order chi connectivity index (χ0) is 18.7. The maximum Gasteiger partial charge on any atom is 0.249 e. The van der Waals surface area contributed by atoms with Gasteiger partial charge in [0, 0.05) is 24.3 Å². The lowest BCUT2D eigenvalue weighted by Gasteiger charge is -2.46. The molecule has 1 amide bonds. The third-order valence-corrected chi connectivity index (χ3v) is 4.77. The molecule has 0 aromatic carbocycles. The molecule has 1 aliphatic carbocycles. The summed E-state index contributed by atoms with van der Waals surface area (Å²) >= 11 is 0. The number of likely N-dealkylation sites (N-methyl/N-ethyl adjacent to an activating group) is 1. The lowest BCUT2D eigenvalue weighted by molar-refractivity contribution is -0.133. The fourth-order valence-electron chi connectivity index (χ4n) is 3.29. The second-order valence-corrected chi connectivity index (χ2v) is 7.56. The minimum atomic E-state index is -0.433. The van der Waals surface area contributed by atoms with Gasteiger partial charge in [0.25, 0.3) is 0 Å². The van der Waals surface area contributed by atoms with Crippen molar-refractivity contribution in [3.63, 3.8) is 0 Å². The summed E-state index contributed by atoms with van der Waals surface area (Å²) in [5.41, 5.74) is 0.857. The van der Waals surface area contributed by atoms with Gasteiger partial charge in [-0.05, 0) is 52.9 Å². The van der Waals surface area contributed by atoms with Gasteiger partial charge < -0.3 is 20.3 Å². The topological polar surface area (TPSA) is 83.8 Å². The van der Waals surface area contributed by atoms with E-state index in [-0.39, 0.29) is 17.5 Å². The molecule has 0 unspecified atom stereocenters. The summed E-state index contributed by atoms with van der Waals surface area (Å²) in [6, 6.07) is 4.08. The summed E-state index contributed by atoms with van der Waals surface area (Å²) in [7, 11) is 3.96. The molecule has 142 valence electrons. The monoisotopic (exact) mass is 360 g/mol. The number of nitrogens with one attached hydrogen (secondary N) is 2. The van der Waals surface area contributed by atoms with E-state index in [1.165, 1.54) is 0 Å². The van der Waals surface area contributed by atoms with Crippen LogP contribution in [-0.4, -0.2) is 70.3 Å². The first-order chi connectivity index (χ1) is 12.4. The molecule has 26 heavy (non-hydrogen) atoms. The fraction of sp³-hybridized carbons (Fsp3) is 0.611. The average molecular weight is 360 g/mol. The molecule has 3 rings (SSSR count). The molecule has 0 radical (unpaired) electrons. The second kappa shape index (κ2) is 7.59.